The average Bonchev–Trinajstić information content (AvgIpc) is 3.22. The first-order valence-corrected chi connectivity index (χ1v) is 9.63. The van der Waals surface area contributed by atoms with Gasteiger partial charge in [-0.05, 0) is 41.0 Å². The van der Waals surface area contributed by atoms with Crippen molar-refractivity contribution in [3.05, 3.63) is 96.6 Å². The summed E-state index contributed by atoms with van der Waals surface area (Å²) in [5.74, 6) is 1.92. The van der Waals surface area contributed by atoms with E-state index in [4.69, 9.17) is 4.74 Å². The number of anilines is 1. The molecule has 0 amide bonds. The molecular weight excluding hydrogens is 330 g/mol. The maximum Gasteiger partial charge on any atom is 0.119 e. The lowest BCUT2D eigenvalue weighted by atomic mass is 9.76. The minimum atomic E-state index is 0.303. The van der Waals surface area contributed by atoms with Crippen LogP contribution in [0.4, 0.5) is 5.69 Å². The molecule has 1 aliphatic carbocycles. The van der Waals surface area contributed by atoms with E-state index in [2.05, 4.69) is 84.7 Å². The van der Waals surface area contributed by atoms with Gasteiger partial charge in [0.15, 0.2) is 0 Å². The van der Waals surface area contributed by atoms with Gasteiger partial charge >= 0.3 is 0 Å². The van der Waals surface area contributed by atoms with Gasteiger partial charge in [-0.2, -0.15) is 0 Å². The third-order valence-electron chi connectivity index (χ3n) is 5.87. The molecule has 5 rings (SSSR count). The fourth-order valence-electron chi connectivity index (χ4n) is 4.60. The first kappa shape index (κ1) is 16.2. The molecule has 0 aromatic heterocycles. The van der Waals surface area contributed by atoms with E-state index in [1.807, 2.05) is 0 Å². The highest BCUT2D eigenvalue weighted by Crippen LogP contribution is 2.51. The van der Waals surface area contributed by atoms with Crippen LogP contribution >= 0.6 is 0 Å². The number of allylic oxidation sites excluding steroid dienone is 2. The summed E-state index contributed by atoms with van der Waals surface area (Å²) >= 11 is 0. The molecule has 1 N–H and O–H groups in total. The predicted molar refractivity (Wildman–Crippen MR) is 112 cm³/mol. The smallest absolute Gasteiger partial charge is 0.119 e. The maximum absolute atomic E-state index is 5.65. The summed E-state index contributed by atoms with van der Waals surface area (Å²) in [6.45, 7) is 4.24. The second-order valence-corrected chi connectivity index (χ2v) is 7.40. The van der Waals surface area contributed by atoms with Crippen LogP contribution in [0.1, 0.15) is 29.5 Å². The summed E-state index contributed by atoms with van der Waals surface area (Å²) in [4.78, 5) is 0. The van der Waals surface area contributed by atoms with E-state index in [-0.39, 0.29) is 0 Å². The Morgan fingerprint density at radius 2 is 1.89 bits per heavy atom. The molecule has 134 valence electrons. The highest BCUT2D eigenvalue weighted by Gasteiger charge is 2.38. The molecule has 3 atom stereocenters. The maximum atomic E-state index is 5.65. The highest BCUT2D eigenvalue weighted by atomic mass is 16.5. The number of benzene rings is 3. The van der Waals surface area contributed by atoms with Gasteiger partial charge < -0.3 is 10.1 Å². The van der Waals surface area contributed by atoms with Crippen LogP contribution in [0.3, 0.4) is 0 Å². The average molecular weight is 353 g/mol. The van der Waals surface area contributed by atoms with Crippen molar-refractivity contribution >= 4 is 16.5 Å². The molecule has 0 bridgehead atoms. The Morgan fingerprint density at radius 3 is 2.74 bits per heavy atom. The Bertz CT molecular complexity index is 1020. The third kappa shape index (κ3) is 2.73. The van der Waals surface area contributed by atoms with Crippen LogP contribution in [-0.2, 0) is 0 Å². The molecule has 0 radical (unpaired) electrons. The summed E-state index contributed by atoms with van der Waals surface area (Å²) in [6, 6.07) is 22.0. The van der Waals surface area contributed by atoms with Crippen LogP contribution in [-0.4, -0.2) is 6.61 Å². The van der Waals surface area contributed by atoms with Gasteiger partial charge in [0.05, 0.1) is 6.04 Å². The molecule has 27 heavy (non-hydrogen) atoms. The monoisotopic (exact) mass is 353 g/mol. The highest BCUT2D eigenvalue weighted by molar-refractivity contribution is 5.96. The zero-order valence-electron chi connectivity index (χ0n) is 15.3. The molecule has 0 fully saturated rings. The lowest BCUT2D eigenvalue weighted by Crippen LogP contribution is -2.29. The number of hydrogen-bond acceptors (Lipinski definition) is 2. The van der Waals surface area contributed by atoms with Crippen LogP contribution < -0.4 is 10.1 Å². The van der Waals surface area contributed by atoms with Crippen molar-refractivity contribution in [2.45, 2.75) is 18.4 Å². The summed E-state index contributed by atoms with van der Waals surface area (Å²) in [5.41, 5.74) is 4.03. The molecule has 2 nitrogen and oxygen atoms in total. The molecule has 2 aliphatic rings. The van der Waals surface area contributed by atoms with E-state index in [1.54, 1.807) is 6.08 Å². The molecule has 0 spiro atoms. The standard InChI is InChI=1S/C25H23NO/c1-2-16-27-19-13-10-18(11-14-19)24-22-9-5-8-21(22)23-15-12-17-6-3-4-7-20(17)25(23)26-24/h2-8,10-15,21-22,24,26H,1,9,16H2/t21-,22+,24+/m1/s1. The Balaban J connectivity index is 1.55. The number of ether oxygens (including phenoxy) is 1. The Morgan fingerprint density at radius 1 is 1.04 bits per heavy atom. The van der Waals surface area contributed by atoms with E-state index < -0.39 is 0 Å². The van der Waals surface area contributed by atoms with Gasteiger partial charge in [0.2, 0.25) is 0 Å². The quantitative estimate of drug-likeness (QED) is 0.561. The molecule has 1 aliphatic heterocycles. The van der Waals surface area contributed by atoms with Crippen molar-refractivity contribution in [2.24, 2.45) is 5.92 Å². The topological polar surface area (TPSA) is 21.3 Å². The van der Waals surface area contributed by atoms with E-state index in [0.29, 0.717) is 24.5 Å². The van der Waals surface area contributed by atoms with Gasteiger partial charge in [0, 0.05) is 17.0 Å². The van der Waals surface area contributed by atoms with Crippen molar-refractivity contribution in [3.63, 3.8) is 0 Å². The van der Waals surface area contributed by atoms with Gasteiger partial charge in [-0.1, -0.05) is 73.3 Å². The van der Waals surface area contributed by atoms with Crippen LogP contribution in [0.15, 0.2) is 85.5 Å². The molecule has 3 aromatic rings. The fourth-order valence-corrected chi connectivity index (χ4v) is 4.60. The van der Waals surface area contributed by atoms with Crippen LogP contribution in [0, 0.1) is 5.92 Å². The number of rotatable bonds is 4. The number of hydrogen-bond donors (Lipinski definition) is 1. The third-order valence-corrected chi connectivity index (χ3v) is 5.87. The van der Waals surface area contributed by atoms with E-state index in [0.717, 1.165) is 12.2 Å². The van der Waals surface area contributed by atoms with Gasteiger partial charge in [-0.25, -0.2) is 0 Å². The zero-order valence-corrected chi connectivity index (χ0v) is 15.3. The van der Waals surface area contributed by atoms with E-state index in [9.17, 15) is 0 Å². The SMILES string of the molecule is C=CCOc1ccc([C@@H]2Nc3c(ccc4ccccc34)[C@@H]3C=CC[C@@H]32)cc1. The summed E-state index contributed by atoms with van der Waals surface area (Å²) in [6.07, 6.45) is 7.63. The van der Waals surface area contributed by atoms with Gasteiger partial charge in [0.1, 0.15) is 12.4 Å². The van der Waals surface area contributed by atoms with Crippen molar-refractivity contribution in [1.29, 1.82) is 0 Å². The van der Waals surface area contributed by atoms with Crippen LogP contribution in [0.5, 0.6) is 5.75 Å². The summed E-state index contributed by atoms with van der Waals surface area (Å²) in [7, 11) is 0. The Labute approximate surface area is 160 Å². The van der Waals surface area contributed by atoms with Gasteiger partial charge in [-0.3, -0.25) is 0 Å². The van der Waals surface area contributed by atoms with Crippen LogP contribution in [0.2, 0.25) is 0 Å². The molecule has 0 unspecified atom stereocenters. The van der Waals surface area contributed by atoms with E-state index in [1.165, 1.54) is 27.6 Å². The van der Waals surface area contributed by atoms with Gasteiger partial charge in [0.25, 0.3) is 0 Å². The molecule has 3 aromatic carbocycles. The van der Waals surface area contributed by atoms with Crippen molar-refractivity contribution in [1.82, 2.24) is 0 Å². The first-order chi connectivity index (χ1) is 13.3. The summed E-state index contributed by atoms with van der Waals surface area (Å²) < 4.78 is 5.65. The minimum Gasteiger partial charge on any atom is -0.490 e. The molecule has 0 saturated heterocycles. The second kappa shape index (κ2) is 6.62. The number of nitrogens with one attached hydrogen (secondary N) is 1. The Kier molecular flexibility index (Phi) is 3.97. The molecule has 1 heterocycles. The van der Waals surface area contributed by atoms with Crippen molar-refractivity contribution in [3.8, 4) is 5.75 Å². The molecule has 0 saturated carbocycles. The van der Waals surface area contributed by atoms with Gasteiger partial charge in [-0.15, -0.1) is 0 Å². The van der Waals surface area contributed by atoms with E-state index >= 15 is 0 Å². The Hall–Kier alpha value is -3.00. The second-order valence-electron chi connectivity index (χ2n) is 7.40. The number of fused-ring (bicyclic) bond motifs is 5. The lowest BCUT2D eigenvalue weighted by molar-refractivity contribution is 0.362. The normalized spacial score (nSPS) is 22.7. The lowest BCUT2D eigenvalue weighted by Gasteiger charge is -2.38. The zero-order chi connectivity index (χ0) is 18.2. The molecule has 2 heteroatoms. The largest absolute Gasteiger partial charge is 0.490 e. The first-order valence-electron chi connectivity index (χ1n) is 9.63. The minimum absolute atomic E-state index is 0.303. The van der Waals surface area contributed by atoms with Crippen molar-refractivity contribution in [2.75, 3.05) is 11.9 Å². The summed E-state index contributed by atoms with van der Waals surface area (Å²) in [5, 5.41) is 6.49. The van der Waals surface area contributed by atoms with Crippen LogP contribution in [0.25, 0.3) is 10.8 Å². The molecular formula is C25H23NO. The predicted octanol–water partition coefficient (Wildman–Crippen LogP) is 6.23. The van der Waals surface area contributed by atoms with Crippen molar-refractivity contribution < 1.29 is 4.74 Å². The fraction of sp³-hybridized carbons (Fsp3) is 0.200.